The molecule has 3 nitrogen and oxygen atoms in total. The number of hydrogen-bond donors (Lipinski definition) is 1. The van der Waals surface area contributed by atoms with Gasteiger partial charge in [-0.15, -0.1) is 0 Å². The first-order chi connectivity index (χ1) is 7.85. The second kappa shape index (κ2) is 6.17. The molecule has 0 radical (unpaired) electrons. The highest BCUT2D eigenvalue weighted by atomic mass is 16.5. The molecule has 102 valence electrons. The number of hydrogen-bond acceptors (Lipinski definition) is 3. The Labute approximate surface area is 107 Å². The lowest BCUT2D eigenvalue weighted by atomic mass is 9.96. The van der Waals surface area contributed by atoms with Gasteiger partial charge in [0.25, 0.3) is 0 Å². The standard InChI is InChI=1S/C14H30N2O/c1-7-17-14(5,6)10-16-9-12(4)15-8-13(16)11(2)3/h11-13,15H,7-10H2,1-6H3. The summed E-state index contributed by atoms with van der Waals surface area (Å²) in [6.45, 7) is 17.4. The third kappa shape index (κ3) is 4.57. The van der Waals surface area contributed by atoms with Crippen molar-refractivity contribution in [1.82, 2.24) is 10.2 Å². The molecule has 1 heterocycles. The number of nitrogens with one attached hydrogen (secondary N) is 1. The first kappa shape index (κ1) is 14.9. The fourth-order valence-electron chi connectivity index (χ4n) is 2.77. The molecule has 0 bridgehead atoms. The maximum absolute atomic E-state index is 5.83. The number of rotatable bonds is 5. The molecule has 0 aromatic rings. The molecular formula is C14H30N2O. The minimum Gasteiger partial charge on any atom is -0.375 e. The van der Waals surface area contributed by atoms with Gasteiger partial charge < -0.3 is 10.1 Å². The zero-order chi connectivity index (χ0) is 13.1. The Balaban J connectivity index is 2.63. The van der Waals surface area contributed by atoms with Crippen LogP contribution in [0.15, 0.2) is 0 Å². The molecule has 1 saturated heterocycles. The molecule has 0 aromatic heterocycles. The molecule has 2 unspecified atom stereocenters. The van der Waals surface area contributed by atoms with Crippen LogP contribution in [0.25, 0.3) is 0 Å². The lowest BCUT2D eigenvalue weighted by Gasteiger charge is -2.44. The van der Waals surface area contributed by atoms with Gasteiger partial charge in [0.15, 0.2) is 0 Å². The van der Waals surface area contributed by atoms with E-state index in [1.165, 1.54) is 0 Å². The van der Waals surface area contributed by atoms with Gasteiger partial charge in [-0.3, -0.25) is 4.90 Å². The smallest absolute Gasteiger partial charge is 0.0752 e. The summed E-state index contributed by atoms with van der Waals surface area (Å²) in [5.41, 5.74) is -0.0427. The Morgan fingerprint density at radius 2 is 2.06 bits per heavy atom. The van der Waals surface area contributed by atoms with Gasteiger partial charge >= 0.3 is 0 Å². The Morgan fingerprint density at radius 3 is 2.59 bits per heavy atom. The first-order valence-corrected chi connectivity index (χ1v) is 6.97. The molecule has 1 aliphatic heterocycles. The zero-order valence-electron chi connectivity index (χ0n) is 12.4. The predicted molar refractivity (Wildman–Crippen MR) is 73.4 cm³/mol. The molecule has 0 spiro atoms. The third-order valence-electron chi connectivity index (χ3n) is 3.54. The molecule has 0 amide bonds. The van der Waals surface area contributed by atoms with Crippen LogP contribution in [0.4, 0.5) is 0 Å². The quantitative estimate of drug-likeness (QED) is 0.799. The largest absolute Gasteiger partial charge is 0.375 e. The van der Waals surface area contributed by atoms with Crippen molar-refractivity contribution in [2.75, 3.05) is 26.2 Å². The summed E-state index contributed by atoms with van der Waals surface area (Å²) in [6.07, 6.45) is 0. The topological polar surface area (TPSA) is 24.5 Å². The molecule has 0 aromatic carbocycles. The second-order valence-electron chi connectivity index (χ2n) is 6.24. The molecule has 1 fully saturated rings. The fraction of sp³-hybridized carbons (Fsp3) is 1.00. The maximum atomic E-state index is 5.83. The van der Waals surface area contributed by atoms with Crippen LogP contribution in [0.2, 0.25) is 0 Å². The van der Waals surface area contributed by atoms with Gasteiger partial charge in [0.1, 0.15) is 0 Å². The molecule has 0 saturated carbocycles. The van der Waals surface area contributed by atoms with Crippen molar-refractivity contribution in [3.8, 4) is 0 Å². The summed E-state index contributed by atoms with van der Waals surface area (Å²) >= 11 is 0. The Kier molecular flexibility index (Phi) is 5.42. The Bertz CT molecular complexity index is 228. The van der Waals surface area contributed by atoms with E-state index in [-0.39, 0.29) is 5.60 Å². The van der Waals surface area contributed by atoms with Crippen LogP contribution in [0.1, 0.15) is 41.5 Å². The van der Waals surface area contributed by atoms with E-state index in [1.807, 2.05) is 0 Å². The van der Waals surface area contributed by atoms with Crippen LogP contribution in [0.5, 0.6) is 0 Å². The molecule has 17 heavy (non-hydrogen) atoms. The van der Waals surface area contributed by atoms with Crippen LogP contribution in [-0.2, 0) is 4.74 Å². The molecule has 2 atom stereocenters. The van der Waals surface area contributed by atoms with Crippen molar-refractivity contribution in [3.05, 3.63) is 0 Å². The van der Waals surface area contributed by atoms with Gasteiger partial charge in [-0.05, 0) is 33.6 Å². The zero-order valence-corrected chi connectivity index (χ0v) is 12.4. The van der Waals surface area contributed by atoms with E-state index in [2.05, 4.69) is 51.8 Å². The highest BCUT2D eigenvalue weighted by Crippen LogP contribution is 2.20. The first-order valence-electron chi connectivity index (χ1n) is 6.97. The molecule has 1 N–H and O–H groups in total. The van der Waals surface area contributed by atoms with Crippen LogP contribution >= 0.6 is 0 Å². The summed E-state index contributed by atoms with van der Waals surface area (Å²) < 4.78 is 5.83. The van der Waals surface area contributed by atoms with E-state index in [1.54, 1.807) is 0 Å². The van der Waals surface area contributed by atoms with Crippen molar-refractivity contribution >= 4 is 0 Å². The van der Waals surface area contributed by atoms with Crippen molar-refractivity contribution < 1.29 is 4.74 Å². The minimum atomic E-state index is -0.0427. The van der Waals surface area contributed by atoms with Gasteiger partial charge in [0.2, 0.25) is 0 Å². The van der Waals surface area contributed by atoms with Gasteiger partial charge in [0, 0.05) is 38.3 Å². The number of nitrogens with zero attached hydrogens (tertiary/aromatic N) is 1. The lowest BCUT2D eigenvalue weighted by molar-refractivity contribution is -0.0529. The predicted octanol–water partition coefficient (Wildman–Crippen LogP) is 2.12. The van der Waals surface area contributed by atoms with E-state index in [9.17, 15) is 0 Å². The highest BCUT2D eigenvalue weighted by Gasteiger charge is 2.32. The lowest BCUT2D eigenvalue weighted by Crippen LogP contribution is -2.60. The SMILES string of the molecule is CCOC(C)(C)CN1CC(C)NCC1C(C)C. The van der Waals surface area contributed by atoms with Crippen LogP contribution < -0.4 is 5.32 Å². The van der Waals surface area contributed by atoms with Gasteiger partial charge in [0.05, 0.1) is 5.60 Å². The molecule has 1 aliphatic rings. The third-order valence-corrected chi connectivity index (χ3v) is 3.54. The van der Waals surface area contributed by atoms with Crippen molar-refractivity contribution in [2.24, 2.45) is 5.92 Å². The van der Waals surface area contributed by atoms with E-state index >= 15 is 0 Å². The summed E-state index contributed by atoms with van der Waals surface area (Å²) in [5, 5.41) is 3.58. The second-order valence-corrected chi connectivity index (χ2v) is 6.24. The van der Waals surface area contributed by atoms with Gasteiger partial charge in [-0.25, -0.2) is 0 Å². The van der Waals surface area contributed by atoms with Crippen LogP contribution in [0, 0.1) is 5.92 Å². The Morgan fingerprint density at radius 1 is 1.41 bits per heavy atom. The number of ether oxygens (including phenoxy) is 1. The summed E-state index contributed by atoms with van der Waals surface area (Å²) in [7, 11) is 0. The molecule has 1 rings (SSSR count). The van der Waals surface area contributed by atoms with Crippen LogP contribution in [-0.4, -0.2) is 48.8 Å². The molecule has 0 aliphatic carbocycles. The van der Waals surface area contributed by atoms with Crippen molar-refractivity contribution in [1.29, 1.82) is 0 Å². The van der Waals surface area contributed by atoms with E-state index in [0.717, 1.165) is 26.2 Å². The summed E-state index contributed by atoms with van der Waals surface area (Å²) in [6, 6.07) is 1.22. The van der Waals surface area contributed by atoms with Crippen molar-refractivity contribution in [2.45, 2.75) is 59.2 Å². The number of piperazine rings is 1. The highest BCUT2D eigenvalue weighted by molar-refractivity contribution is 4.89. The van der Waals surface area contributed by atoms with Crippen LogP contribution in [0.3, 0.4) is 0 Å². The van der Waals surface area contributed by atoms with E-state index in [4.69, 9.17) is 4.74 Å². The van der Waals surface area contributed by atoms with E-state index < -0.39 is 0 Å². The van der Waals surface area contributed by atoms with E-state index in [0.29, 0.717) is 18.0 Å². The average Bonchev–Trinajstić information content (AvgIpc) is 2.15. The summed E-state index contributed by atoms with van der Waals surface area (Å²) in [4.78, 5) is 2.60. The van der Waals surface area contributed by atoms with Crippen molar-refractivity contribution in [3.63, 3.8) is 0 Å². The maximum Gasteiger partial charge on any atom is 0.0752 e. The monoisotopic (exact) mass is 242 g/mol. The fourth-order valence-corrected chi connectivity index (χ4v) is 2.77. The minimum absolute atomic E-state index is 0.0427. The Hall–Kier alpha value is -0.120. The molecular weight excluding hydrogens is 212 g/mol. The normalized spacial score (nSPS) is 27.7. The van der Waals surface area contributed by atoms with Gasteiger partial charge in [-0.2, -0.15) is 0 Å². The van der Waals surface area contributed by atoms with Gasteiger partial charge in [-0.1, -0.05) is 13.8 Å². The summed E-state index contributed by atoms with van der Waals surface area (Å²) in [5.74, 6) is 0.687. The molecule has 3 heteroatoms. The average molecular weight is 242 g/mol.